The Morgan fingerprint density at radius 1 is 1.27 bits per heavy atom. The molecule has 0 radical (unpaired) electrons. The third-order valence-electron chi connectivity index (χ3n) is 3.06. The second-order valence-corrected chi connectivity index (χ2v) is 4.81. The minimum Gasteiger partial charge on any atom is -0.304 e. The number of fused-ring (bicyclic) bond motifs is 2. The van der Waals surface area contributed by atoms with Gasteiger partial charge in [-0.1, -0.05) is 24.3 Å². The van der Waals surface area contributed by atoms with Crippen molar-refractivity contribution in [2.45, 2.75) is 12.5 Å². The average molecular weight is 264 g/mol. The number of benzene rings is 1. The molecule has 0 unspecified atom stereocenters. The fourth-order valence-electron chi connectivity index (χ4n) is 2.34. The van der Waals surface area contributed by atoms with Crippen LogP contribution in [0.2, 0.25) is 0 Å². The van der Waals surface area contributed by atoms with Crippen LogP contribution in [-0.2, 0) is 4.79 Å². The van der Waals surface area contributed by atoms with Gasteiger partial charge in [0.1, 0.15) is 0 Å². The van der Waals surface area contributed by atoms with E-state index in [0.29, 0.717) is 0 Å². The van der Waals surface area contributed by atoms with Crippen LogP contribution in [0.4, 0.5) is 5.69 Å². The molecular formula is C12H10BrNO. The van der Waals surface area contributed by atoms with Crippen LogP contribution in [0.15, 0.2) is 40.9 Å². The van der Waals surface area contributed by atoms with Gasteiger partial charge in [0.2, 0.25) is 5.91 Å². The number of hydrogen-bond donors (Lipinski definition) is 0. The molecule has 2 nitrogen and oxygen atoms in total. The van der Waals surface area contributed by atoms with E-state index in [4.69, 9.17) is 0 Å². The van der Waals surface area contributed by atoms with Gasteiger partial charge in [-0.05, 0) is 34.5 Å². The molecule has 2 aliphatic rings. The second kappa shape index (κ2) is 3.20. The first-order valence-corrected chi connectivity index (χ1v) is 5.82. The quantitative estimate of drug-likeness (QED) is 0.714. The number of rotatable bonds is 1. The Balaban J connectivity index is 2.06. The van der Waals surface area contributed by atoms with Crippen LogP contribution < -0.4 is 4.90 Å². The van der Waals surface area contributed by atoms with Crippen molar-refractivity contribution in [2.75, 3.05) is 4.90 Å². The molecular weight excluding hydrogens is 254 g/mol. The lowest BCUT2D eigenvalue weighted by Crippen LogP contribution is -2.34. The SMILES string of the molecule is O=C1[C@H]2C=C[C@H](C2)N1c1ccccc1Br. The van der Waals surface area contributed by atoms with E-state index in [1.54, 1.807) is 0 Å². The van der Waals surface area contributed by atoms with Crippen molar-refractivity contribution in [1.29, 1.82) is 0 Å². The lowest BCUT2D eigenvalue weighted by atomic mass is 10.1. The van der Waals surface area contributed by atoms with E-state index >= 15 is 0 Å². The summed E-state index contributed by atoms with van der Waals surface area (Å²) < 4.78 is 0.985. The monoisotopic (exact) mass is 263 g/mol. The van der Waals surface area contributed by atoms with Crippen molar-refractivity contribution in [3.8, 4) is 0 Å². The molecule has 0 saturated carbocycles. The molecule has 3 heteroatoms. The number of amides is 1. The van der Waals surface area contributed by atoms with E-state index in [-0.39, 0.29) is 17.9 Å². The Bertz CT molecular complexity index is 455. The molecule has 1 saturated heterocycles. The average Bonchev–Trinajstić information content (AvgIpc) is 2.80. The van der Waals surface area contributed by atoms with Crippen LogP contribution in [-0.4, -0.2) is 11.9 Å². The van der Waals surface area contributed by atoms with Crippen molar-refractivity contribution in [3.63, 3.8) is 0 Å². The molecule has 3 rings (SSSR count). The molecule has 15 heavy (non-hydrogen) atoms. The highest BCUT2D eigenvalue weighted by molar-refractivity contribution is 9.10. The molecule has 0 aromatic heterocycles. The number of halogens is 1. The van der Waals surface area contributed by atoms with E-state index in [2.05, 4.69) is 22.0 Å². The van der Waals surface area contributed by atoms with Gasteiger partial charge in [-0.25, -0.2) is 0 Å². The Hall–Kier alpha value is -1.09. The van der Waals surface area contributed by atoms with Gasteiger partial charge in [-0.3, -0.25) is 4.79 Å². The molecule has 1 heterocycles. The fraction of sp³-hybridized carbons (Fsp3) is 0.250. The predicted octanol–water partition coefficient (Wildman–Crippen LogP) is 2.74. The first-order valence-electron chi connectivity index (χ1n) is 5.03. The second-order valence-electron chi connectivity index (χ2n) is 3.95. The van der Waals surface area contributed by atoms with Gasteiger partial charge < -0.3 is 4.90 Å². The normalized spacial score (nSPS) is 27.8. The van der Waals surface area contributed by atoms with Gasteiger partial charge in [0.15, 0.2) is 0 Å². The Labute approximate surface area is 96.7 Å². The minimum atomic E-state index is 0.113. The van der Waals surface area contributed by atoms with E-state index in [1.807, 2.05) is 35.2 Å². The zero-order chi connectivity index (χ0) is 10.4. The van der Waals surface area contributed by atoms with Gasteiger partial charge in [-0.2, -0.15) is 0 Å². The highest BCUT2D eigenvalue weighted by atomic mass is 79.9. The first kappa shape index (κ1) is 9.16. The smallest absolute Gasteiger partial charge is 0.234 e. The summed E-state index contributed by atoms with van der Waals surface area (Å²) in [7, 11) is 0. The topological polar surface area (TPSA) is 20.3 Å². The van der Waals surface area contributed by atoms with E-state index in [0.717, 1.165) is 16.6 Å². The molecule has 0 N–H and O–H groups in total. The summed E-state index contributed by atoms with van der Waals surface area (Å²) >= 11 is 3.49. The zero-order valence-electron chi connectivity index (χ0n) is 8.06. The maximum absolute atomic E-state index is 12.0. The molecule has 0 spiro atoms. The Morgan fingerprint density at radius 2 is 2.07 bits per heavy atom. The highest BCUT2D eigenvalue weighted by Gasteiger charge is 2.42. The Morgan fingerprint density at radius 3 is 2.73 bits per heavy atom. The molecule has 76 valence electrons. The third kappa shape index (κ3) is 1.26. The van der Waals surface area contributed by atoms with Crippen LogP contribution in [0.3, 0.4) is 0 Å². The fourth-order valence-corrected chi connectivity index (χ4v) is 2.82. The summed E-state index contributed by atoms with van der Waals surface area (Å²) in [6, 6.07) is 8.14. The van der Waals surface area contributed by atoms with Gasteiger partial charge >= 0.3 is 0 Å². The van der Waals surface area contributed by atoms with E-state index in [1.165, 1.54) is 0 Å². The molecule has 1 aromatic rings. The van der Waals surface area contributed by atoms with Crippen LogP contribution in [0.1, 0.15) is 6.42 Å². The number of nitrogens with zero attached hydrogens (tertiary/aromatic N) is 1. The molecule has 2 bridgehead atoms. The predicted molar refractivity (Wildman–Crippen MR) is 62.7 cm³/mol. The summed E-state index contributed by atoms with van der Waals surface area (Å²) in [4.78, 5) is 13.9. The van der Waals surface area contributed by atoms with Gasteiger partial charge in [0, 0.05) is 4.47 Å². The third-order valence-corrected chi connectivity index (χ3v) is 3.73. The molecule has 1 fully saturated rings. The first-order chi connectivity index (χ1) is 7.27. The highest BCUT2D eigenvalue weighted by Crippen LogP contribution is 2.39. The number of hydrogen-bond acceptors (Lipinski definition) is 1. The van der Waals surface area contributed by atoms with E-state index < -0.39 is 0 Å². The number of para-hydroxylation sites is 1. The lowest BCUT2D eigenvalue weighted by Gasteiger charge is -2.25. The van der Waals surface area contributed by atoms with Crippen molar-refractivity contribution in [1.82, 2.24) is 0 Å². The summed E-state index contributed by atoms with van der Waals surface area (Å²) in [5.74, 6) is 0.344. The van der Waals surface area contributed by atoms with Crippen LogP contribution in [0.25, 0.3) is 0 Å². The maximum atomic E-state index is 12.0. The summed E-state index contributed by atoms with van der Waals surface area (Å²) in [5.41, 5.74) is 0.986. The summed E-state index contributed by atoms with van der Waals surface area (Å²) in [5, 5.41) is 0. The van der Waals surface area contributed by atoms with E-state index in [9.17, 15) is 4.79 Å². The van der Waals surface area contributed by atoms with Crippen molar-refractivity contribution >= 4 is 27.5 Å². The molecule has 1 aliphatic heterocycles. The summed E-state index contributed by atoms with van der Waals surface area (Å²) in [6.07, 6.45) is 5.10. The molecule has 1 aliphatic carbocycles. The number of anilines is 1. The molecule has 2 atom stereocenters. The number of carbonyl (C=O) groups excluding carboxylic acids is 1. The van der Waals surface area contributed by atoms with Crippen LogP contribution in [0.5, 0.6) is 0 Å². The van der Waals surface area contributed by atoms with Gasteiger partial charge in [0.25, 0.3) is 0 Å². The van der Waals surface area contributed by atoms with Crippen molar-refractivity contribution in [2.24, 2.45) is 5.92 Å². The van der Waals surface area contributed by atoms with Crippen LogP contribution >= 0.6 is 15.9 Å². The minimum absolute atomic E-state index is 0.113. The largest absolute Gasteiger partial charge is 0.304 e. The molecule has 1 amide bonds. The van der Waals surface area contributed by atoms with Crippen molar-refractivity contribution < 1.29 is 4.79 Å². The van der Waals surface area contributed by atoms with Crippen molar-refractivity contribution in [3.05, 3.63) is 40.9 Å². The standard InChI is InChI=1S/C12H10BrNO/c13-10-3-1-2-4-11(10)14-9-6-5-8(7-9)12(14)15/h1-6,8-9H,7H2/t8-,9+/m0/s1. The van der Waals surface area contributed by atoms with Gasteiger partial charge in [-0.15, -0.1) is 0 Å². The summed E-state index contributed by atoms with van der Waals surface area (Å²) in [6.45, 7) is 0. The maximum Gasteiger partial charge on any atom is 0.234 e. The van der Waals surface area contributed by atoms with Crippen LogP contribution in [0, 0.1) is 5.92 Å². The van der Waals surface area contributed by atoms with Gasteiger partial charge in [0.05, 0.1) is 17.6 Å². The molecule has 1 aromatic carbocycles. The Kier molecular flexibility index (Phi) is 1.96. The lowest BCUT2D eigenvalue weighted by molar-refractivity contribution is -0.119. The zero-order valence-corrected chi connectivity index (χ0v) is 9.65. The number of carbonyl (C=O) groups is 1.